The minimum Gasteiger partial charge on any atom is -0.508 e. The van der Waals surface area contributed by atoms with Gasteiger partial charge >= 0.3 is 0 Å². The molecule has 0 saturated carbocycles. The van der Waals surface area contributed by atoms with Gasteiger partial charge in [-0.05, 0) is 35.2 Å². The molecule has 2 nitrogen and oxygen atoms in total. The van der Waals surface area contributed by atoms with Crippen LogP contribution in [0.3, 0.4) is 0 Å². The first-order chi connectivity index (χ1) is 8.33. The zero-order chi connectivity index (χ0) is 11.4. The first-order valence-corrected chi connectivity index (χ1v) is 6.02. The van der Waals surface area contributed by atoms with E-state index in [1.807, 2.05) is 12.1 Å². The van der Waals surface area contributed by atoms with Gasteiger partial charge in [-0.3, -0.25) is 0 Å². The van der Waals surface area contributed by atoms with Crippen molar-refractivity contribution >= 4 is 5.69 Å². The van der Waals surface area contributed by atoms with E-state index in [2.05, 4.69) is 23.1 Å². The highest BCUT2D eigenvalue weighted by molar-refractivity contribution is 5.87. The summed E-state index contributed by atoms with van der Waals surface area (Å²) in [7, 11) is 0. The monoisotopic (exact) mass is 223 g/mol. The van der Waals surface area contributed by atoms with E-state index in [1.165, 1.54) is 27.9 Å². The van der Waals surface area contributed by atoms with Crippen LogP contribution in [0.4, 0.5) is 5.69 Å². The normalized spacial score (nSPS) is 15.6. The van der Waals surface area contributed by atoms with Crippen molar-refractivity contribution in [3.8, 4) is 16.9 Å². The molecule has 0 radical (unpaired) electrons. The Kier molecular flexibility index (Phi) is 1.63. The maximum Gasteiger partial charge on any atom is 0.115 e. The Bertz CT molecular complexity index is 618. The van der Waals surface area contributed by atoms with Crippen molar-refractivity contribution in [3.05, 3.63) is 47.5 Å². The predicted molar refractivity (Wildman–Crippen MR) is 68.3 cm³/mol. The summed E-state index contributed by atoms with van der Waals surface area (Å²) in [6.07, 6.45) is 1.14. The summed E-state index contributed by atoms with van der Waals surface area (Å²) >= 11 is 0. The molecule has 0 aliphatic carbocycles. The average Bonchev–Trinajstić information content (AvgIpc) is 2.74. The Morgan fingerprint density at radius 2 is 1.94 bits per heavy atom. The molecule has 0 unspecified atom stereocenters. The third-order valence-electron chi connectivity index (χ3n) is 3.83. The summed E-state index contributed by atoms with van der Waals surface area (Å²) in [5.41, 5.74) is 6.70. The van der Waals surface area contributed by atoms with Crippen molar-refractivity contribution in [2.75, 3.05) is 11.4 Å². The van der Waals surface area contributed by atoms with Crippen molar-refractivity contribution in [1.29, 1.82) is 0 Å². The second kappa shape index (κ2) is 3.04. The van der Waals surface area contributed by atoms with Gasteiger partial charge < -0.3 is 10.0 Å². The van der Waals surface area contributed by atoms with Crippen LogP contribution in [0.15, 0.2) is 36.4 Å². The topological polar surface area (TPSA) is 23.5 Å². The van der Waals surface area contributed by atoms with Crippen LogP contribution in [0, 0.1) is 0 Å². The molecule has 0 amide bonds. The number of phenolic OH excluding ortho intramolecular Hbond substituents is 1. The van der Waals surface area contributed by atoms with Crippen molar-refractivity contribution < 1.29 is 5.11 Å². The number of anilines is 1. The Morgan fingerprint density at radius 1 is 1.00 bits per heavy atom. The second-order valence-corrected chi connectivity index (χ2v) is 4.83. The van der Waals surface area contributed by atoms with Crippen LogP contribution in [0.5, 0.6) is 5.75 Å². The number of aromatic hydroxyl groups is 1. The molecule has 2 heteroatoms. The first kappa shape index (κ1) is 9.11. The molecule has 4 rings (SSSR count). The SMILES string of the molecule is Oc1ccc2c(c1)CN1CCc3cccc-2c31. The molecule has 2 aliphatic heterocycles. The number of rotatable bonds is 0. The Labute approximate surface area is 100 Å². The van der Waals surface area contributed by atoms with Gasteiger partial charge in [-0.1, -0.05) is 24.3 Å². The van der Waals surface area contributed by atoms with E-state index in [4.69, 9.17) is 0 Å². The summed E-state index contributed by atoms with van der Waals surface area (Å²) in [6.45, 7) is 2.02. The van der Waals surface area contributed by atoms with Crippen LogP contribution < -0.4 is 4.90 Å². The Balaban J connectivity index is 2.04. The fraction of sp³-hybridized carbons (Fsp3) is 0.200. The lowest BCUT2D eigenvalue weighted by Gasteiger charge is -2.29. The lowest BCUT2D eigenvalue weighted by atomic mass is 9.92. The van der Waals surface area contributed by atoms with Crippen molar-refractivity contribution in [3.63, 3.8) is 0 Å². The molecule has 0 spiro atoms. The van der Waals surface area contributed by atoms with E-state index in [0.29, 0.717) is 5.75 Å². The molecule has 1 N–H and O–H groups in total. The zero-order valence-corrected chi connectivity index (χ0v) is 9.48. The second-order valence-electron chi connectivity index (χ2n) is 4.83. The quantitative estimate of drug-likeness (QED) is 0.742. The molecule has 2 heterocycles. The molecule has 0 atom stereocenters. The van der Waals surface area contributed by atoms with Gasteiger partial charge in [-0.25, -0.2) is 0 Å². The van der Waals surface area contributed by atoms with E-state index in [-0.39, 0.29) is 0 Å². The maximum absolute atomic E-state index is 9.59. The van der Waals surface area contributed by atoms with Gasteiger partial charge in [0.1, 0.15) is 5.75 Å². The van der Waals surface area contributed by atoms with Crippen LogP contribution in [-0.4, -0.2) is 11.7 Å². The molecule has 17 heavy (non-hydrogen) atoms. The zero-order valence-electron chi connectivity index (χ0n) is 9.48. The van der Waals surface area contributed by atoms with E-state index in [1.54, 1.807) is 6.07 Å². The summed E-state index contributed by atoms with van der Waals surface area (Å²) in [4.78, 5) is 2.42. The standard InChI is InChI=1S/C15H13NO/c17-12-4-5-13-11(8-12)9-16-7-6-10-2-1-3-14(13)15(10)16/h1-5,8,17H,6-7,9H2. The molecule has 2 aromatic rings. The molecular weight excluding hydrogens is 210 g/mol. The largest absolute Gasteiger partial charge is 0.508 e. The number of benzene rings is 2. The van der Waals surface area contributed by atoms with Crippen molar-refractivity contribution in [2.45, 2.75) is 13.0 Å². The lowest BCUT2D eigenvalue weighted by Crippen LogP contribution is -2.23. The van der Waals surface area contributed by atoms with Gasteiger partial charge in [-0.2, -0.15) is 0 Å². The van der Waals surface area contributed by atoms with Gasteiger partial charge in [0.2, 0.25) is 0 Å². The van der Waals surface area contributed by atoms with Gasteiger partial charge in [0.25, 0.3) is 0 Å². The van der Waals surface area contributed by atoms with Crippen LogP contribution in [-0.2, 0) is 13.0 Å². The maximum atomic E-state index is 9.59. The van der Waals surface area contributed by atoms with Gasteiger partial charge in [-0.15, -0.1) is 0 Å². The van der Waals surface area contributed by atoms with Crippen molar-refractivity contribution in [1.82, 2.24) is 0 Å². The van der Waals surface area contributed by atoms with Crippen LogP contribution in [0.1, 0.15) is 11.1 Å². The molecule has 2 aromatic carbocycles. The highest BCUT2D eigenvalue weighted by atomic mass is 16.3. The fourth-order valence-electron chi connectivity index (χ4n) is 3.09. The predicted octanol–water partition coefficient (Wildman–Crippen LogP) is 2.94. The van der Waals surface area contributed by atoms with Crippen molar-refractivity contribution in [2.24, 2.45) is 0 Å². The van der Waals surface area contributed by atoms with Gasteiger partial charge in [0, 0.05) is 24.3 Å². The summed E-state index contributed by atoms with van der Waals surface area (Å²) < 4.78 is 0. The summed E-state index contributed by atoms with van der Waals surface area (Å²) in [5.74, 6) is 0.363. The number of fused-ring (bicyclic) bond motifs is 2. The molecule has 0 aromatic heterocycles. The molecule has 84 valence electrons. The Hall–Kier alpha value is -1.96. The highest BCUT2D eigenvalue weighted by Crippen LogP contribution is 2.44. The van der Waals surface area contributed by atoms with Gasteiger partial charge in [0.15, 0.2) is 0 Å². The van der Waals surface area contributed by atoms with Crippen LogP contribution in [0.25, 0.3) is 11.1 Å². The van der Waals surface area contributed by atoms with E-state index in [0.717, 1.165) is 19.5 Å². The molecule has 2 aliphatic rings. The minimum absolute atomic E-state index is 0.363. The minimum atomic E-state index is 0.363. The van der Waals surface area contributed by atoms with E-state index in [9.17, 15) is 5.11 Å². The van der Waals surface area contributed by atoms with Crippen LogP contribution in [0.2, 0.25) is 0 Å². The molecule has 0 bridgehead atoms. The molecule has 0 saturated heterocycles. The van der Waals surface area contributed by atoms with E-state index >= 15 is 0 Å². The Morgan fingerprint density at radius 3 is 2.88 bits per heavy atom. The summed E-state index contributed by atoms with van der Waals surface area (Å²) in [5, 5.41) is 9.59. The van der Waals surface area contributed by atoms with E-state index < -0.39 is 0 Å². The third kappa shape index (κ3) is 1.15. The highest BCUT2D eigenvalue weighted by Gasteiger charge is 2.28. The number of phenols is 1. The first-order valence-electron chi connectivity index (χ1n) is 6.02. The number of para-hydroxylation sites is 1. The molecule has 0 fully saturated rings. The third-order valence-corrected chi connectivity index (χ3v) is 3.83. The van der Waals surface area contributed by atoms with Gasteiger partial charge in [0.05, 0.1) is 0 Å². The molecular formula is C15H13NO. The van der Waals surface area contributed by atoms with Crippen LogP contribution >= 0.6 is 0 Å². The number of hydrogen-bond donors (Lipinski definition) is 1. The average molecular weight is 223 g/mol. The number of hydrogen-bond acceptors (Lipinski definition) is 2. The number of nitrogens with zero attached hydrogens (tertiary/aromatic N) is 1. The summed E-state index contributed by atoms with van der Waals surface area (Å²) in [6, 6.07) is 12.3. The lowest BCUT2D eigenvalue weighted by molar-refractivity contribution is 0.474. The fourth-order valence-corrected chi connectivity index (χ4v) is 3.09. The smallest absolute Gasteiger partial charge is 0.115 e.